The Bertz CT molecular complexity index is 185. The lowest BCUT2D eigenvalue weighted by molar-refractivity contribution is 0.395. The van der Waals surface area contributed by atoms with Gasteiger partial charge in [0.1, 0.15) is 0 Å². The highest BCUT2D eigenvalue weighted by molar-refractivity contribution is 4.89. The topological polar surface area (TPSA) is 47.6 Å². The van der Waals surface area contributed by atoms with Gasteiger partial charge in [0.05, 0.1) is 12.1 Å². The van der Waals surface area contributed by atoms with Gasteiger partial charge in [-0.25, -0.2) is 0 Å². The van der Waals surface area contributed by atoms with Gasteiger partial charge in [-0.05, 0) is 25.7 Å². The molecule has 0 amide bonds. The van der Waals surface area contributed by atoms with Crippen LogP contribution in [0.1, 0.15) is 38.5 Å². The molecule has 1 saturated carbocycles. The molecule has 0 N–H and O–H groups in total. The average Bonchev–Trinajstić information content (AvgIpc) is 2.05. The van der Waals surface area contributed by atoms with Crippen molar-refractivity contribution in [1.82, 2.24) is 0 Å². The molecule has 0 aromatic heterocycles. The van der Waals surface area contributed by atoms with Crippen molar-refractivity contribution in [2.45, 2.75) is 38.5 Å². The van der Waals surface area contributed by atoms with E-state index >= 15 is 0 Å². The second kappa shape index (κ2) is 4.78. The Hall–Kier alpha value is -1.02. The Kier molecular flexibility index (Phi) is 3.61. The molecule has 0 aromatic carbocycles. The molecule has 1 aliphatic carbocycles. The third-order valence-electron chi connectivity index (χ3n) is 2.58. The van der Waals surface area contributed by atoms with Crippen LogP contribution in [0.25, 0.3) is 0 Å². The van der Waals surface area contributed by atoms with Crippen molar-refractivity contribution in [2.24, 2.45) is 11.8 Å². The van der Waals surface area contributed by atoms with Gasteiger partial charge in [-0.3, -0.25) is 0 Å². The quantitative estimate of drug-likeness (QED) is 0.549. The van der Waals surface area contributed by atoms with Crippen LogP contribution in [-0.4, -0.2) is 0 Å². The minimum Gasteiger partial charge on any atom is -0.198 e. The zero-order chi connectivity index (χ0) is 8.81. The Morgan fingerprint density at radius 2 is 1.17 bits per heavy atom. The first-order chi connectivity index (χ1) is 5.86. The fourth-order valence-corrected chi connectivity index (χ4v) is 1.73. The van der Waals surface area contributed by atoms with Crippen molar-refractivity contribution in [3.8, 4) is 12.1 Å². The average molecular weight is 162 g/mol. The molecule has 2 heteroatoms. The number of nitriles is 2. The van der Waals surface area contributed by atoms with E-state index in [0.29, 0.717) is 0 Å². The van der Waals surface area contributed by atoms with E-state index in [-0.39, 0.29) is 11.8 Å². The van der Waals surface area contributed by atoms with Gasteiger partial charge in [0.15, 0.2) is 0 Å². The van der Waals surface area contributed by atoms with Gasteiger partial charge in [0.25, 0.3) is 0 Å². The van der Waals surface area contributed by atoms with Crippen molar-refractivity contribution in [3.63, 3.8) is 0 Å². The highest BCUT2D eigenvalue weighted by Crippen LogP contribution is 2.25. The van der Waals surface area contributed by atoms with Crippen LogP contribution in [0.2, 0.25) is 0 Å². The fourth-order valence-electron chi connectivity index (χ4n) is 1.73. The molecule has 2 nitrogen and oxygen atoms in total. The third-order valence-corrected chi connectivity index (χ3v) is 2.58. The monoisotopic (exact) mass is 162 g/mol. The van der Waals surface area contributed by atoms with Gasteiger partial charge in [0.2, 0.25) is 0 Å². The number of nitrogens with zero attached hydrogens (tertiary/aromatic N) is 2. The second-order valence-electron chi connectivity index (χ2n) is 3.51. The Morgan fingerprint density at radius 1 is 0.750 bits per heavy atom. The first kappa shape index (κ1) is 9.07. The Balaban J connectivity index is 2.41. The molecule has 0 spiro atoms. The molecule has 2 atom stereocenters. The SMILES string of the molecule is N#CC1CCCCC(C#N)CC1. The number of hydrogen-bond donors (Lipinski definition) is 0. The minimum atomic E-state index is 0.209. The zero-order valence-electron chi connectivity index (χ0n) is 7.29. The van der Waals surface area contributed by atoms with E-state index in [1.54, 1.807) is 0 Å². The van der Waals surface area contributed by atoms with Crippen molar-refractivity contribution in [2.75, 3.05) is 0 Å². The van der Waals surface area contributed by atoms with Crippen molar-refractivity contribution < 1.29 is 0 Å². The fraction of sp³-hybridized carbons (Fsp3) is 0.800. The molecule has 0 heterocycles. The largest absolute Gasteiger partial charge is 0.198 e. The molecule has 0 saturated heterocycles. The maximum atomic E-state index is 8.73. The van der Waals surface area contributed by atoms with Crippen LogP contribution < -0.4 is 0 Å². The molecule has 0 radical (unpaired) electrons. The summed E-state index contributed by atoms with van der Waals surface area (Å²) in [5, 5.41) is 17.5. The molecular formula is C10H14N2. The molecule has 64 valence electrons. The van der Waals surface area contributed by atoms with Crippen LogP contribution in [0.3, 0.4) is 0 Å². The van der Waals surface area contributed by atoms with E-state index in [0.717, 1.165) is 38.5 Å². The smallest absolute Gasteiger partial charge is 0.0655 e. The Morgan fingerprint density at radius 3 is 1.50 bits per heavy atom. The molecule has 0 aliphatic heterocycles. The van der Waals surface area contributed by atoms with Crippen molar-refractivity contribution >= 4 is 0 Å². The van der Waals surface area contributed by atoms with E-state index in [1.165, 1.54) is 0 Å². The molecule has 2 unspecified atom stereocenters. The molecule has 0 bridgehead atoms. The van der Waals surface area contributed by atoms with E-state index < -0.39 is 0 Å². The van der Waals surface area contributed by atoms with Crippen LogP contribution in [-0.2, 0) is 0 Å². The zero-order valence-corrected chi connectivity index (χ0v) is 7.29. The third kappa shape index (κ3) is 2.55. The standard InChI is InChI=1S/C10H14N2/c11-7-9-3-1-2-4-10(8-12)6-5-9/h9-10H,1-6H2. The summed E-state index contributed by atoms with van der Waals surface area (Å²) >= 11 is 0. The maximum Gasteiger partial charge on any atom is 0.0655 e. The normalized spacial score (nSPS) is 30.8. The lowest BCUT2D eigenvalue weighted by Crippen LogP contribution is -2.07. The molecule has 12 heavy (non-hydrogen) atoms. The predicted octanol–water partition coefficient (Wildman–Crippen LogP) is 2.62. The van der Waals surface area contributed by atoms with Crippen molar-refractivity contribution in [3.05, 3.63) is 0 Å². The molecule has 1 fully saturated rings. The predicted molar refractivity (Wildman–Crippen MR) is 45.9 cm³/mol. The van der Waals surface area contributed by atoms with Gasteiger partial charge < -0.3 is 0 Å². The van der Waals surface area contributed by atoms with Gasteiger partial charge in [0, 0.05) is 11.8 Å². The summed E-state index contributed by atoms with van der Waals surface area (Å²) in [6.45, 7) is 0. The van der Waals surface area contributed by atoms with Crippen LogP contribution in [0.4, 0.5) is 0 Å². The van der Waals surface area contributed by atoms with Crippen LogP contribution >= 0.6 is 0 Å². The van der Waals surface area contributed by atoms with Crippen molar-refractivity contribution in [1.29, 1.82) is 10.5 Å². The summed E-state index contributed by atoms with van der Waals surface area (Å²) in [7, 11) is 0. The first-order valence-electron chi connectivity index (χ1n) is 4.66. The van der Waals surface area contributed by atoms with E-state index in [4.69, 9.17) is 10.5 Å². The lowest BCUT2D eigenvalue weighted by atomic mass is 9.87. The van der Waals surface area contributed by atoms with Crippen LogP contribution in [0.5, 0.6) is 0 Å². The molecule has 1 aliphatic rings. The van der Waals surface area contributed by atoms with Crippen LogP contribution in [0, 0.1) is 34.5 Å². The van der Waals surface area contributed by atoms with Gasteiger partial charge >= 0.3 is 0 Å². The number of rotatable bonds is 0. The summed E-state index contributed by atoms with van der Waals surface area (Å²) in [6, 6.07) is 4.61. The van der Waals surface area contributed by atoms with E-state index in [1.807, 2.05) is 0 Å². The molecule has 0 aromatic rings. The summed E-state index contributed by atoms with van der Waals surface area (Å²) in [5.41, 5.74) is 0. The minimum absolute atomic E-state index is 0.209. The summed E-state index contributed by atoms with van der Waals surface area (Å²) in [5.74, 6) is 0.419. The van der Waals surface area contributed by atoms with E-state index in [2.05, 4.69) is 12.1 Å². The van der Waals surface area contributed by atoms with Gasteiger partial charge in [-0.2, -0.15) is 10.5 Å². The highest BCUT2D eigenvalue weighted by Gasteiger charge is 2.15. The summed E-state index contributed by atoms with van der Waals surface area (Å²) in [4.78, 5) is 0. The second-order valence-corrected chi connectivity index (χ2v) is 3.51. The molecular weight excluding hydrogens is 148 g/mol. The lowest BCUT2D eigenvalue weighted by Gasteiger charge is -2.16. The summed E-state index contributed by atoms with van der Waals surface area (Å²) in [6.07, 6.45) is 6.17. The highest BCUT2D eigenvalue weighted by atomic mass is 14.3. The van der Waals surface area contributed by atoms with Gasteiger partial charge in [-0.15, -0.1) is 0 Å². The van der Waals surface area contributed by atoms with E-state index in [9.17, 15) is 0 Å². The first-order valence-corrected chi connectivity index (χ1v) is 4.66. The maximum absolute atomic E-state index is 8.73. The summed E-state index contributed by atoms with van der Waals surface area (Å²) < 4.78 is 0. The Labute approximate surface area is 73.8 Å². The van der Waals surface area contributed by atoms with Crippen LogP contribution in [0.15, 0.2) is 0 Å². The number of hydrogen-bond acceptors (Lipinski definition) is 2. The van der Waals surface area contributed by atoms with Gasteiger partial charge in [-0.1, -0.05) is 12.8 Å². The molecule has 1 rings (SSSR count).